The van der Waals surface area contributed by atoms with Crippen molar-refractivity contribution in [3.8, 4) is 5.75 Å². The number of hydrogen-bond acceptors (Lipinski definition) is 3. The number of rotatable bonds is 8. The molecule has 2 unspecified atom stereocenters. The van der Waals surface area contributed by atoms with Crippen LogP contribution in [0, 0.1) is 5.92 Å². The van der Waals surface area contributed by atoms with Gasteiger partial charge in [0.05, 0.1) is 13.3 Å². The van der Waals surface area contributed by atoms with Crippen molar-refractivity contribution < 1.29 is 4.74 Å². The second kappa shape index (κ2) is 10.3. The van der Waals surface area contributed by atoms with Crippen LogP contribution in [0.4, 0.5) is 0 Å². The first kappa shape index (κ1) is 21.2. The average molecular weight is 398 g/mol. The molecule has 0 amide bonds. The fourth-order valence-electron chi connectivity index (χ4n) is 3.99. The molecule has 1 aliphatic heterocycles. The first-order chi connectivity index (χ1) is 14.1. The molecule has 1 fully saturated rings. The number of likely N-dealkylation sites (tertiary alicyclic amines) is 1. The maximum atomic E-state index is 5.25. The van der Waals surface area contributed by atoms with Crippen molar-refractivity contribution >= 4 is 5.96 Å². The number of methoxy groups -OCH3 is 1. The molecule has 1 aliphatic rings. The van der Waals surface area contributed by atoms with E-state index in [4.69, 9.17) is 9.73 Å². The molecule has 0 aliphatic carbocycles. The van der Waals surface area contributed by atoms with Gasteiger partial charge >= 0.3 is 0 Å². The number of aliphatic imine (C=N–C) groups is 1. The molecule has 1 saturated heterocycles. The summed E-state index contributed by atoms with van der Waals surface area (Å²) in [5.74, 6) is 3.11. The highest BCUT2D eigenvalue weighted by Gasteiger charge is 2.25. The molecule has 6 nitrogen and oxygen atoms in total. The lowest BCUT2D eigenvalue weighted by molar-refractivity contribution is 0.414. The summed E-state index contributed by atoms with van der Waals surface area (Å²) in [6.45, 7) is 8.28. The van der Waals surface area contributed by atoms with Gasteiger partial charge in [0.15, 0.2) is 5.96 Å². The van der Waals surface area contributed by atoms with Crippen LogP contribution in [0.2, 0.25) is 0 Å². The maximum absolute atomic E-state index is 5.25. The Morgan fingerprint density at radius 2 is 2.14 bits per heavy atom. The Labute approximate surface area is 175 Å². The maximum Gasteiger partial charge on any atom is 0.193 e. The van der Waals surface area contributed by atoms with E-state index >= 15 is 0 Å². The molecule has 158 valence electrons. The third kappa shape index (κ3) is 5.99. The predicted octanol–water partition coefficient (Wildman–Crippen LogP) is 3.45. The number of hydrogen-bond donors (Lipinski definition) is 1. The van der Waals surface area contributed by atoms with E-state index in [0.717, 1.165) is 50.7 Å². The second-order valence-corrected chi connectivity index (χ2v) is 8.03. The lowest BCUT2D eigenvalue weighted by Crippen LogP contribution is -2.40. The number of nitrogens with zero attached hydrogens (tertiary/aromatic N) is 4. The van der Waals surface area contributed by atoms with Gasteiger partial charge in [0.1, 0.15) is 5.75 Å². The van der Waals surface area contributed by atoms with Crippen molar-refractivity contribution in [3.63, 3.8) is 0 Å². The van der Waals surface area contributed by atoms with Crippen LogP contribution in [-0.2, 0) is 13.5 Å². The van der Waals surface area contributed by atoms with Gasteiger partial charge in [0.2, 0.25) is 0 Å². The van der Waals surface area contributed by atoms with E-state index in [1.165, 1.54) is 17.5 Å². The molecule has 0 spiro atoms. The lowest BCUT2D eigenvalue weighted by Gasteiger charge is -2.22. The number of nitrogens with one attached hydrogen (secondary N) is 1. The van der Waals surface area contributed by atoms with Crippen LogP contribution in [-0.4, -0.2) is 53.9 Å². The summed E-state index contributed by atoms with van der Waals surface area (Å²) in [4.78, 5) is 7.35. The molecule has 2 aromatic rings. The molecular formula is C23H35N5O. The molecule has 0 radical (unpaired) electrons. The van der Waals surface area contributed by atoms with Crippen LogP contribution in [0.15, 0.2) is 41.7 Å². The normalized spacial score (nSPS) is 18.1. The summed E-state index contributed by atoms with van der Waals surface area (Å²) in [5.41, 5.74) is 2.67. The number of ether oxygens (including phenoxy) is 1. The van der Waals surface area contributed by atoms with Crippen molar-refractivity contribution in [2.24, 2.45) is 18.0 Å². The summed E-state index contributed by atoms with van der Waals surface area (Å²) in [6, 6.07) is 8.38. The van der Waals surface area contributed by atoms with Crippen LogP contribution in [0.5, 0.6) is 5.75 Å². The number of guanidine groups is 1. The van der Waals surface area contributed by atoms with Crippen LogP contribution in [0.1, 0.15) is 43.7 Å². The Bertz CT molecular complexity index is 783. The molecule has 3 rings (SSSR count). The summed E-state index contributed by atoms with van der Waals surface area (Å²) >= 11 is 0. The topological polar surface area (TPSA) is 54.7 Å². The molecule has 1 aromatic heterocycles. The van der Waals surface area contributed by atoms with Gasteiger partial charge in [-0.2, -0.15) is 5.10 Å². The highest BCUT2D eigenvalue weighted by Crippen LogP contribution is 2.23. The fraction of sp³-hybridized carbons (Fsp3) is 0.565. The number of benzene rings is 1. The standard InChI is InChI=1S/C23H35N5O/c1-5-24-23(25-12-10-18(2)21-6-8-22(29-4)9-7-21)28-13-11-19(17-28)14-20-15-26-27(3)16-20/h6-9,15-16,18-19H,5,10-14,17H2,1-4H3,(H,24,25). The monoisotopic (exact) mass is 397 g/mol. The van der Waals surface area contributed by atoms with Crippen LogP contribution >= 0.6 is 0 Å². The van der Waals surface area contributed by atoms with Gasteiger partial charge in [0.25, 0.3) is 0 Å². The third-order valence-electron chi connectivity index (χ3n) is 5.71. The van der Waals surface area contributed by atoms with Gasteiger partial charge in [-0.1, -0.05) is 19.1 Å². The minimum absolute atomic E-state index is 0.476. The smallest absolute Gasteiger partial charge is 0.193 e. The van der Waals surface area contributed by atoms with E-state index in [0.29, 0.717) is 11.8 Å². The first-order valence-corrected chi connectivity index (χ1v) is 10.7. The quantitative estimate of drug-likeness (QED) is 0.548. The zero-order chi connectivity index (χ0) is 20.6. The Morgan fingerprint density at radius 3 is 2.79 bits per heavy atom. The SMILES string of the molecule is CCNC(=NCCC(C)c1ccc(OC)cc1)N1CCC(Cc2cnn(C)c2)C1. The Morgan fingerprint density at radius 1 is 1.34 bits per heavy atom. The zero-order valence-electron chi connectivity index (χ0n) is 18.3. The van der Waals surface area contributed by atoms with Gasteiger partial charge in [0, 0.05) is 39.4 Å². The number of aryl methyl sites for hydroxylation is 1. The van der Waals surface area contributed by atoms with Crippen molar-refractivity contribution in [1.82, 2.24) is 20.0 Å². The van der Waals surface area contributed by atoms with Crippen LogP contribution in [0.3, 0.4) is 0 Å². The van der Waals surface area contributed by atoms with E-state index in [1.54, 1.807) is 7.11 Å². The van der Waals surface area contributed by atoms with E-state index < -0.39 is 0 Å². The predicted molar refractivity (Wildman–Crippen MR) is 119 cm³/mol. The van der Waals surface area contributed by atoms with Crippen molar-refractivity contribution in [2.75, 3.05) is 33.3 Å². The van der Waals surface area contributed by atoms with Crippen molar-refractivity contribution in [2.45, 2.75) is 39.0 Å². The zero-order valence-corrected chi connectivity index (χ0v) is 18.3. The first-order valence-electron chi connectivity index (χ1n) is 10.7. The van der Waals surface area contributed by atoms with Gasteiger partial charge in [-0.05, 0) is 61.3 Å². The van der Waals surface area contributed by atoms with E-state index in [2.05, 4.69) is 47.5 Å². The summed E-state index contributed by atoms with van der Waals surface area (Å²) in [5, 5.41) is 7.78. The van der Waals surface area contributed by atoms with Crippen LogP contribution in [0.25, 0.3) is 0 Å². The molecule has 2 atom stereocenters. The van der Waals surface area contributed by atoms with Gasteiger partial charge in [-0.25, -0.2) is 0 Å². The number of aromatic nitrogens is 2. The molecular weight excluding hydrogens is 362 g/mol. The summed E-state index contributed by atoms with van der Waals surface area (Å²) < 4.78 is 7.14. The lowest BCUT2D eigenvalue weighted by atomic mass is 9.98. The highest BCUT2D eigenvalue weighted by molar-refractivity contribution is 5.80. The summed E-state index contributed by atoms with van der Waals surface area (Å²) in [7, 11) is 3.68. The van der Waals surface area contributed by atoms with E-state index in [-0.39, 0.29) is 0 Å². The molecule has 0 bridgehead atoms. The van der Waals surface area contributed by atoms with E-state index in [9.17, 15) is 0 Å². The van der Waals surface area contributed by atoms with Gasteiger partial charge < -0.3 is 15.0 Å². The molecule has 0 saturated carbocycles. The minimum atomic E-state index is 0.476. The molecule has 29 heavy (non-hydrogen) atoms. The summed E-state index contributed by atoms with van der Waals surface area (Å²) in [6.07, 6.45) is 7.46. The highest BCUT2D eigenvalue weighted by atomic mass is 16.5. The van der Waals surface area contributed by atoms with Crippen molar-refractivity contribution in [3.05, 3.63) is 47.8 Å². The third-order valence-corrected chi connectivity index (χ3v) is 5.71. The second-order valence-electron chi connectivity index (χ2n) is 8.03. The average Bonchev–Trinajstić information content (AvgIpc) is 3.36. The van der Waals surface area contributed by atoms with Crippen molar-refractivity contribution in [1.29, 1.82) is 0 Å². The molecule has 6 heteroatoms. The molecule has 1 N–H and O–H groups in total. The largest absolute Gasteiger partial charge is 0.497 e. The molecule has 2 heterocycles. The minimum Gasteiger partial charge on any atom is -0.497 e. The van der Waals surface area contributed by atoms with E-state index in [1.807, 2.05) is 30.1 Å². The Kier molecular flexibility index (Phi) is 7.55. The Hall–Kier alpha value is -2.50. The van der Waals surface area contributed by atoms with Gasteiger partial charge in [-0.3, -0.25) is 9.67 Å². The van der Waals surface area contributed by atoms with Crippen LogP contribution < -0.4 is 10.1 Å². The molecule has 1 aromatic carbocycles. The fourth-order valence-corrected chi connectivity index (χ4v) is 3.99. The Balaban J connectivity index is 1.52. The van der Waals surface area contributed by atoms with Gasteiger partial charge in [-0.15, -0.1) is 0 Å².